The number of carbonyl (C=O) groups excluding carboxylic acids is 2. The first kappa shape index (κ1) is 22.4. The normalized spacial score (nSPS) is 18.1. The number of fused-ring (bicyclic) bond motifs is 3. The molecule has 8 heteroatoms. The van der Waals surface area contributed by atoms with E-state index < -0.39 is 17.9 Å². The number of thioether (sulfide) groups is 1. The molecule has 168 valence electrons. The van der Waals surface area contributed by atoms with Crippen molar-refractivity contribution in [3.05, 3.63) is 54.1 Å². The van der Waals surface area contributed by atoms with Crippen molar-refractivity contribution in [1.29, 1.82) is 0 Å². The summed E-state index contributed by atoms with van der Waals surface area (Å²) < 4.78 is 12.6. The summed E-state index contributed by atoms with van der Waals surface area (Å²) in [5.74, 6) is -1.26. The van der Waals surface area contributed by atoms with Crippen molar-refractivity contribution in [2.24, 2.45) is 5.92 Å². The van der Waals surface area contributed by atoms with Crippen LogP contribution in [0.3, 0.4) is 0 Å². The van der Waals surface area contributed by atoms with Gasteiger partial charge in [0.1, 0.15) is 0 Å². The number of methoxy groups -OCH3 is 1. The molecule has 0 radical (unpaired) electrons. The topological polar surface area (TPSA) is 73.7 Å². The van der Waals surface area contributed by atoms with Crippen LogP contribution >= 0.6 is 11.8 Å². The van der Waals surface area contributed by atoms with Crippen molar-refractivity contribution in [2.45, 2.75) is 24.3 Å². The zero-order valence-corrected chi connectivity index (χ0v) is 19.3. The van der Waals surface area contributed by atoms with Crippen LogP contribution in [0.5, 0.6) is 0 Å². The van der Waals surface area contributed by atoms with Gasteiger partial charge in [0.05, 0.1) is 23.7 Å². The highest BCUT2D eigenvalue weighted by atomic mass is 32.2. The molecule has 0 spiro atoms. The number of hydrogen-bond acceptors (Lipinski definition) is 6. The van der Waals surface area contributed by atoms with E-state index in [0.29, 0.717) is 25.5 Å². The highest BCUT2D eigenvalue weighted by Gasteiger charge is 2.47. The van der Waals surface area contributed by atoms with Crippen molar-refractivity contribution < 1.29 is 19.1 Å². The first-order valence-corrected chi connectivity index (χ1v) is 11.9. The minimum absolute atomic E-state index is 0.210. The number of carbonyl (C=O) groups is 2. The van der Waals surface area contributed by atoms with Gasteiger partial charge in [-0.15, -0.1) is 11.8 Å². The highest BCUT2D eigenvalue weighted by Crippen LogP contribution is 2.41. The average molecular weight is 454 g/mol. The van der Waals surface area contributed by atoms with E-state index in [1.807, 2.05) is 59.4 Å². The number of rotatable bonds is 8. The molecule has 0 N–H and O–H groups in total. The Morgan fingerprint density at radius 1 is 1.16 bits per heavy atom. The summed E-state index contributed by atoms with van der Waals surface area (Å²) in [7, 11) is 1.63. The lowest BCUT2D eigenvalue weighted by atomic mass is 9.89. The van der Waals surface area contributed by atoms with E-state index in [1.54, 1.807) is 30.7 Å². The largest absolute Gasteiger partial charge is 0.465 e. The Morgan fingerprint density at radius 3 is 2.59 bits per heavy atom. The summed E-state index contributed by atoms with van der Waals surface area (Å²) in [6.07, 6.45) is 2.65. The molecular formula is C24H27N3O4S. The van der Waals surface area contributed by atoms with E-state index >= 15 is 0 Å². The maximum atomic E-state index is 13.7. The summed E-state index contributed by atoms with van der Waals surface area (Å²) in [6.45, 7) is 2.88. The first-order valence-electron chi connectivity index (χ1n) is 10.7. The van der Waals surface area contributed by atoms with Gasteiger partial charge in [0.15, 0.2) is 5.92 Å². The molecule has 2 heterocycles. The molecule has 32 heavy (non-hydrogen) atoms. The Balaban J connectivity index is 1.92. The van der Waals surface area contributed by atoms with Crippen LogP contribution < -0.4 is 4.90 Å². The molecule has 0 fully saturated rings. The number of benzene rings is 2. The SMILES string of the molecule is CCOC(=O)[C@@H]1C(=O)N(CCCOC)c2nc3ccccc3n2[C@H]1c1ccc(SC)cc1. The number of hydrogen-bond donors (Lipinski definition) is 0. The van der Waals surface area contributed by atoms with Gasteiger partial charge in [0.2, 0.25) is 11.9 Å². The second kappa shape index (κ2) is 9.75. The Bertz CT molecular complexity index is 1110. The highest BCUT2D eigenvalue weighted by molar-refractivity contribution is 7.98. The van der Waals surface area contributed by atoms with Crippen LogP contribution in [-0.2, 0) is 19.1 Å². The number of ether oxygens (including phenoxy) is 2. The predicted octanol–water partition coefficient (Wildman–Crippen LogP) is 3.91. The number of amides is 1. The summed E-state index contributed by atoms with van der Waals surface area (Å²) >= 11 is 1.64. The maximum absolute atomic E-state index is 13.7. The molecule has 4 rings (SSSR count). The maximum Gasteiger partial charge on any atom is 0.321 e. The summed E-state index contributed by atoms with van der Waals surface area (Å²) in [5.41, 5.74) is 2.53. The van der Waals surface area contributed by atoms with E-state index in [4.69, 9.17) is 14.5 Å². The molecule has 1 aromatic heterocycles. The van der Waals surface area contributed by atoms with E-state index in [-0.39, 0.29) is 12.5 Å². The van der Waals surface area contributed by atoms with Crippen LogP contribution in [0.2, 0.25) is 0 Å². The minimum atomic E-state index is -0.997. The zero-order valence-electron chi connectivity index (χ0n) is 18.5. The Labute approximate surface area is 191 Å². The third-order valence-corrected chi connectivity index (χ3v) is 6.42. The van der Waals surface area contributed by atoms with Crippen molar-refractivity contribution in [3.8, 4) is 0 Å². The molecule has 0 aliphatic carbocycles. The predicted molar refractivity (Wildman–Crippen MR) is 125 cm³/mol. The number of nitrogens with zero attached hydrogens (tertiary/aromatic N) is 3. The lowest BCUT2D eigenvalue weighted by molar-refractivity contribution is -0.153. The molecular weight excluding hydrogens is 426 g/mol. The molecule has 2 aromatic carbocycles. The molecule has 1 aliphatic rings. The molecule has 0 saturated carbocycles. The summed E-state index contributed by atoms with van der Waals surface area (Å²) in [6, 6.07) is 15.2. The number of para-hydroxylation sites is 2. The lowest BCUT2D eigenvalue weighted by Crippen LogP contribution is -2.50. The number of esters is 1. The van der Waals surface area contributed by atoms with Crippen LogP contribution in [0.1, 0.15) is 24.9 Å². The van der Waals surface area contributed by atoms with E-state index in [2.05, 4.69) is 0 Å². The minimum Gasteiger partial charge on any atom is -0.465 e. The smallest absolute Gasteiger partial charge is 0.321 e. The average Bonchev–Trinajstić information content (AvgIpc) is 3.19. The second-order valence-electron chi connectivity index (χ2n) is 7.55. The number of aromatic nitrogens is 2. The molecule has 2 atom stereocenters. The fourth-order valence-corrected chi connectivity index (χ4v) is 4.64. The van der Waals surface area contributed by atoms with Crippen molar-refractivity contribution in [1.82, 2.24) is 9.55 Å². The van der Waals surface area contributed by atoms with Gasteiger partial charge in [0, 0.05) is 25.2 Å². The van der Waals surface area contributed by atoms with Crippen LogP contribution in [0.15, 0.2) is 53.4 Å². The first-order chi connectivity index (χ1) is 15.6. The van der Waals surface area contributed by atoms with Gasteiger partial charge >= 0.3 is 5.97 Å². The standard InChI is InChI=1S/C24H27N3O4S/c1-4-31-23(29)20-21(16-10-12-17(32-3)13-11-16)27-19-9-6-5-8-18(19)25-24(27)26(22(20)28)14-7-15-30-2/h5-6,8-13,20-21H,4,7,14-15H2,1-3H3/t20-,21-/m0/s1. The van der Waals surface area contributed by atoms with Gasteiger partial charge in [-0.1, -0.05) is 24.3 Å². The zero-order chi connectivity index (χ0) is 22.7. The molecule has 3 aromatic rings. The van der Waals surface area contributed by atoms with Gasteiger partial charge in [-0.05, 0) is 49.4 Å². The van der Waals surface area contributed by atoms with Crippen molar-refractivity contribution in [2.75, 3.05) is 38.0 Å². The Kier molecular flexibility index (Phi) is 6.81. The Morgan fingerprint density at radius 2 is 1.91 bits per heavy atom. The molecule has 0 saturated heterocycles. The van der Waals surface area contributed by atoms with Gasteiger partial charge in [-0.3, -0.25) is 14.5 Å². The molecule has 1 amide bonds. The lowest BCUT2D eigenvalue weighted by Gasteiger charge is -2.38. The van der Waals surface area contributed by atoms with E-state index in [1.165, 1.54) is 0 Å². The van der Waals surface area contributed by atoms with Crippen LogP contribution in [-0.4, -0.2) is 54.6 Å². The second-order valence-corrected chi connectivity index (χ2v) is 8.43. The summed E-state index contributed by atoms with van der Waals surface area (Å²) in [5, 5.41) is 0. The van der Waals surface area contributed by atoms with E-state index in [9.17, 15) is 9.59 Å². The van der Waals surface area contributed by atoms with Gasteiger partial charge in [-0.25, -0.2) is 4.98 Å². The monoisotopic (exact) mass is 453 g/mol. The van der Waals surface area contributed by atoms with Crippen LogP contribution in [0, 0.1) is 5.92 Å². The molecule has 0 unspecified atom stereocenters. The third-order valence-electron chi connectivity index (χ3n) is 5.67. The molecule has 7 nitrogen and oxygen atoms in total. The quantitative estimate of drug-likeness (QED) is 0.223. The van der Waals surface area contributed by atoms with Crippen LogP contribution in [0.25, 0.3) is 11.0 Å². The Hall–Kier alpha value is -2.84. The van der Waals surface area contributed by atoms with Crippen molar-refractivity contribution in [3.63, 3.8) is 0 Å². The molecule has 1 aliphatic heterocycles. The van der Waals surface area contributed by atoms with Gasteiger partial charge in [-0.2, -0.15) is 0 Å². The van der Waals surface area contributed by atoms with Gasteiger partial charge < -0.3 is 14.0 Å². The fraction of sp³-hybridized carbons (Fsp3) is 0.375. The van der Waals surface area contributed by atoms with Crippen molar-refractivity contribution >= 4 is 40.6 Å². The fourth-order valence-electron chi connectivity index (χ4n) is 4.23. The van der Waals surface area contributed by atoms with E-state index in [0.717, 1.165) is 21.5 Å². The van der Waals surface area contributed by atoms with Crippen LogP contribution in [0.4, 0.5) is 5.95 Å². The third kappa shape index (κ3) is 4.00. The number of anilines is 1. The van der Waals surface area contributed by atoms with Gasteiger partial charge in [0.25, 0.3) is 0 Å². The molecule has 0 bridgehead atoms. The number of imidazole rings is 1. The summed E-state index contributed by atoms with van der Waals surface area (Å²) in [4.78, 5) is 34.3.